The van der Waals surface area contributed by atoms with E-state index in [1.807, 2.05) is 24.3 Å². The molecular weight excluding hydrogens is 248 g/mol. The molecule has 0 fully saturated rings. The average molecular weight is 266 g/mol. The first kappa shape index (κ1) is 12.8. The maximum absolute atomic E-state index is 9.37. The molecule has 3 rings (SSSR count). The van der Waals surface area contributed by atoms with E-state index >= 15 is 0 Å². The van der Waals surface area contributed by atoms with Crippen molar-refractivity contribution in [2.24, 2.45) is 0 Å². The number of phenols is 2. The Kier molecular flexibility index (Phi) is 3.46. The standard InChI is InChI=1S/C18H18O2/c19-17-8-4-13(5-9-17)15-2-1-3-16(12-15)14-6-10-18(20)11-7-14/h4-12,15,19-20H,1-3H2. The zero-order chi connectivity index (χ0) is 13.9. The van der Waals surface area contributed by atoms with Gasteiger partial charge in [-0.3, -0.25) is 0 Å². The van der Waals surface area contributed by atoms with Crippen LogP contribution in [0.3, 0.4) is 0 Å². The predicted octanol–water partition coefficient (Wildman–Crippen LogP) is 4.45. The van der Waals surface area contributed by atoms with Gasteiger partial charge in [-0.25, -0.2) is 0 Å². The van der Waals surface area contributed by atoms with Crippen molar-refractivity contribution < 1.29 is 10.2 Å². The number of hydrogen-bond acceptors (Lipinski definition) is 2. The Morgan fingerprint density at radius 1 is 0.800 bits per heavy atom. The van der Waals surface area contributed by atoms with Crippen molar-refractivity contribution in [3.63, 3.8) is 0 Å². The lowest BCUT2D eigenvalue weighted by molar-refractivity contribution is 0.474. The molecule has 2 nitrogen and oxygen atoms in total. The van der Waals surface area contributed by atoms with Crippen molar-refractivity contribution in [1.82, 2.24) is 0 Å². The first-order valence-electron chi connectivity index (χ1n) is 7.01. The molecule has 1 unspecified atom stereocenters. The van der Waals surface area contributed by atoms with Gasteiger partial charge in [0.2, 0.25) is 0 Å². The van der Waals surface area contributed by atoms with Crippen LogP contribution in [-0.4, -0.2) is 10.2 Å². The summed E-state index contributed by atoms with van der Waals surface area (Å²) < 4.78 is 0. The Morgan fingerprint density at radius 3 is 2.05 bits per heavy atom. The third kappa shape index (κ3) is 2.69. The quantitative estimate of drug-likeness (QED) is 0.843. The van der Waals surface area contributed by atoms with Crippen LogP contribution in [0.15, 0.2) is 54.6 Å². The van der Waals surface area contributed by atoms with Gasteiger partial charge >= 0.3 is 0 Å². The van der Waals surface area contributed by atoms with Crippen LogP contribution in [0.1, 0.15) is 36.3 Å². The van der Waals surface area contributed by atoms with Crippen molar-refractivity contribution in [3.05, 3.63) is 65.7 Å². The second-order valence-electron chi connectivity index (χ2n) is 5.33. The topological polar surface area (TPSA) is 40.5 Å². The summed E-state index contributed by atoms with van der Waals surface area (Å²) in [6, 6.07) is 14.9. The van der Waals surface area contributed by atoms with E-state index in [4.69, 9.17) is 0 Å². The molecule has 0 bridgehead atoms. The molecule has 0 saturated carbocycles. The van der Waals surface area contributed by atoms with Crippen molar-refractivity contribution in [2.75, 3.05) is 0 Å². The van der Waals surface area contributed by atoms with Crippen LogP contribution in [0.5, 0.6) is 11.5 Å². The monoisotopic (exact) mass is 266 g/mol. The summed E-state index contributed by atoms with van der Waals surface area (Å²) >= 11 is 0. The van der Waals surface area contributed by atoms with E-state index in [9.17, 15) is 10.2 Å². The molecule has 0 heterocycles. The largest absolute Gasteiger partial charge is 0.508 e. The van der Waals surface area contributed by atoms with Crippen molar-refractivity contribution >= 4 is 5.57 Å². The molecular formula is C18H18O2. The fourth-order valence-electron chi connectivity index (χ4n) is 2.82. The molecule has 0 saturated heterocycles. The molecule has 0 spiro atoms. The molecule has 0 amide bonds. The van der Waals surface area contributed by atoms with Gasteiger partial charge in [0.15, 0.2) is 0 Å². The lowest BCUT2D eigenvalue weighted by Gasteiger charge is -2.22. The summed E-state index contributed by atoms with van der Waals surface area (Å²) in [6.45, 7) is 0. The Morgan fingerprint density at radius 2 is 1.40 bits per heavy atom. The first-order valence-corrected chi connectivity index (χ1v) is 7.01. The summed E-state index contributed by atoms with van der Waals surface area (Å²) in [5.41, 5.74) is 3.78. The highest BCUT2D eigenvalue weighted by atomic mass is 16.3. The highest BCUT2D eigenvalue weighted by Crippen LogP contribution is 2.36. The maximum atomic E-state index is 9.37. The minimum Gasteiger partial charge on any atom is -0.508 e. The van der Waals surface area contributed by atoms with E-state index in [0.717, 1.165) is 19.3 Å². The number of allylic oxidation sites excluding steroid dienone is 2. The van der Waals surface area contributed by atoms with E-state index in [2.05, 4.69) is 6.08 Å². The van der Waals surface area contributed by atoms with Gasteiger partial charge in [0, 0.05) is 5.92 Å². The Balaban J connectivity index is 1.89. The lowest BCUT2D eigenvalue weighted by atomic mass is 9.83. The molecule has 1 aliphatic rings. The molecule has 20 heavy (non-hydrogen) atoms. The third-order valence-electron chi connectivity index (χ3n) is 3.92. The van der Waals surface area contributed by atoms with Gasteiger partial charge in [-0.15, -0.1) is 0 Å². The highest BCUT2D eigenvalue weighted by molar-refractivity contribution is 5.68. The Hall–Kier alpha value is -2.22. The molecule has 0 radical (unpaired) electrons. The molecule has 2 heteroatoms. The van der Waals surface area contributed by atoms with Crippen LogP contribution in [0.2, 0.25) is 0 Å². The molecule has 102 valence electrons. The van der Waals surface area contributed by atoms with Crippen LogP contribution in [-0.2, 0) is 0 Å². The van der Waals surface area contributed by atoms with Crippen LogP contribution in [0.4, 0.5) is 0 Å². The minimum atomic E-state index is 0.306. The maximum Gasteiger partial charge on any atom is 0.115 e. The molecule has 1 aliphatic carbocycles. The molecule has 2 aromatic carbocycles. The second-order valence-corrected chi connectivity index (χ2v) is 5.33. The van der Waals surface area contributed by atoms with Gasteiger partial charge in [0.05, 0.1) is 0 Å². The number of hydrogen-bond donors (Lipinski definition) is 2. The van der Waals surface area contributed by atoms with E-state index in [1.54, 1.807) is 24.3 Å². The summed E-state index contributed by atoms with van der Waals surface area (Å²) in [5, 5.41) is 18.7. The summed E-state index contributed by atoms with van der Waals surface area (Å²) in [7, 11) is 0. The highest BCUT2D eigenvalue weighted by Gasteiger charge is 2.16. The zero-order valence-corrected chi connectivity index (χ0v) is 11.3. The first-order chi connectivity index (χ1) is 9.72. The smallest absolute Gasteiger partial charge is 0.115 e. The second kappa shape index (κ2) is 5.41. The van der Waals surface area contributed by atoms with Crippen molar-refractivity contribution in [2.45, 2.75) is 25.2 Å². The lowest BCUT2D eigenvalue weighted by Crippen LogP contribution is -2.03. The third-order valence-corrected chi connectivity index (χ3v) is 3.92. The van der Waals surface area contributed by atoms with E-state index in [0.29, 0.717) is 17.4 Å². The van der Waals surface area contributed by atoms with Crippen molar-refractivity contribution in [3.8, 4) is 11.5 Å². The van der Waals surface area contributed by atoms with Crippen molar-refractivity contribution in [1.29, 1.82) is 0 Å². The van der Waals surface area contributed by atoms with Crippen LogP contribution < -0.4 is 0 Å². The van der Waals surface area contributed by atoms with Crippen LogP contribution >= 0.6 is 0 Å². The van der Waals surface area contributed by atoms with Gasteiger partial charge in [0.1, 0.15) is 11.5 Å². The summed E-state index contributed by atoms with van der Waals surface area (Å²) in [5.74, 6) is 1.03. The van der Waals surface area contributed by atoms with Gasteiger partial charge in [-0.1, -0.05) is 30.3 Å². The van der Waals surface area contributed by atoms with E-state index < -0.39 is 0 Å². The van der Waals surface area contributed by atoms with Gasteiger partial charge in [-0.05, 0) is 60.2 Å². The average Bonchev–Trinajstić information content (AvgIpc) is 2.49. The van der Waals surface area contributed by atoms with Gasteiger partial charge < -0.3 is 10.2 Å². The molecule has 1 atom stereocenters. The summed E-state index contributed by atoms with van der Waals surface area (Å²) in [4.78, 5) is 0. The van der Waals surface area contributed by atoms with Gasteiger partial charge in [-0.2, -0.15) is 0 Å². The fourth-order valence-corrected chi connectivity index (χ4v) is 2.82. The van der Waals surface area contributed by atoms with Gasteiger partial charge in [0.25, 0.3) is 0 Å². The van der Waals surface area contributed by atoms with Crippen LogP contribution in [0, 0.1) is 0 Å². The number of rotatable bonds is 2. The van der Waals surface area contributed by atoms with E-state index in [1.165, 1.54) is 16.7 Å². The predicted molar refractivity (Wildman–Crippen MR) is 80.8 cm³/mol. The fraction of sp³-hybridized carbons (Fsp3) is 0.222. The normalized spacial score (nSPS) is 18.6. The zero-order valence-electron chi connectivity index (χ0n) is 11.3. The molecule has 0 aromatic heterocycles. The van der Waals surface area contributed by atoms with E-state index in [-0.39, 0.29) is 0 Å². The molecule has 0 aliphatic heterocycles. The Labute approximate surface area is 119 Å². The number of aromatic hydroxyl groups is 2. The SMILES string of the molecule is Oc1ccc(C2=CC(c3ccc(O)cc3)CCC2)cc1. The van der Waals surface area contributed by atoms with Crippen LogP contribution in [0.25, 0.3) is 5.57 Å². The summed E-state index contributed by atoms with van der Waals surface area (Å²) in [6.07, 6.45) is 5.71. The molecule has 2 N–H and O–H groups in total. The number of benzene rings is 2. The minimum absolute atomic E-state index is 0.306. The number of phenolic OH excluding ortho intramolecular Hbond substituents is 2. The Bertz CT molecular complexity index is 609. The molecule has 2 aromatic rings.